The van der Waals surface area contributed by atoms with Gasteiger partial charge in [-0.2, -0.15) is 0 Å². The number of benzene rings is 9. The summed E-state index contributed by atoms with van der Waals surface area (Å²) in [5, 5.41) is 15.0. The van der Waals surface area contributed by atoms with E-state index in [-0.39, 0.29) is 24.0 Å². The van der Waals surface area contributed by atoms with Gasteiger partial charge >= 0.3 is 0 Å². The molecule has 9 aromatic rings. The third-order valence-electron chi connectivity index (χ3n) is 10.3. The summed E-state index contributed by atoms with van der Waals surface area (Å²) in [6.45, 7) is 0. The van der Waals surface area contributed by atoms with E-state index in [0.29, 0.717) is 0 Å². The first-order valence-electron chi connectivity index (χ1n) is 18.4. The highest BCUT2D eigenvalue weighted by Crippen LogP contribution is 2.60. The molecule has 2 atom stereocenters. The first-order valence-corrected chi connectivity index (χ1v) is 23.7. The molecule has 0 aromatic heterocycles. The average Bonchev–Trinajstić information content (AvgIpc) is 3.23. The van der Waals surface area contributed by atoms with Gasteiger partial charge in [0.25, 0.3) is 0 Å². The molecule has 5 heteroatoms. The third-order valence-corrected chi connectivity index (χ3v) is 20.4. The van der Waals surface area contributed by atoms with Crippen LogP contribution in [-0.4, -0.2) is 12.3 Å². The maximum absolute atomic E-state index is 6.63. The lowest BCUT2D eigenvalue weighted by Crippen LogP contribution is -3.00. The maximum Gasteiger partial charge on any atom is 0.135 e. The van der Waals surface area contributed by atoms with Crippen molar-refractivity contribution >= 4 is 82.0 Å². The van der Waals surface area contributed by atoms with Crippen LogP contribution in [0.15, 0.2) is 200 Å². The largest absolute Gasteiger partial charge is 1.00 e. The molecular weight excluding hydrogens is 824 g/mol. The van der Waals surface area contributed by atoms with E-state index in [4.69, 9.17) is 4.74 Å². The van der Waals surface area contributed by atoms with Gasteiger partial charge in [-0.05, 0) is 113 Å². The van der Waals surface area contributed by atoms with Gasteiger partial charge in [-0.1, -0.05) is 148 Å². The summed E-state index contributed by atoms with van der Waals surface area (Å²) in [6, 6.07) is 73.8. The molecule has 0 saturated heterocycles. The van der Waals surface area contributed by atoms with Crippen LogP contribution >= 0.6 is 23.1 Å². The van der Waals surface area contributed by atoms with Crippen molar-refractivity contribution in [3.8, 4) is 11.5 Å². The molecule has 0 aliphatic heterocycles. The fraction of sp³-hybridized carbons (Fsp3) is 0.0612. The molecule has 0 aliphatic rings. The van der Waals surface area contributed by atoms with Crippen molar-refractivity contribution in [1.29, 1.82) is 0 Å². The van der Waals surface area contributed by atoms with Gasteiger partial charge in [0.05, 0.1) is 6.16 Å². The highest BCUT2D eigenvalue weighted by atomic mass is 127. The zero-order valence-corrected chi connectivity index (χ0v) is 34.8. The van der Waals surface area contributed by atoms with Crippen LogP contribution in [-0.2, 0) is 0 Å². The Hall–Kier alpha value is -4.16. The van der Waals surface area contributed by atoms with Crippen LogP contribution in [0.25, 0.3) is 32.3 Å². The fourth-order valence-corrected chi connectivity index (χ4v) is 18.0. The van der Waals surface area contributed by atoms with E-state index >= 15 is 0 Å². The number of hydrogen-bond acceptors (Lipinski definition) is 1. The summed E-state index contributed by atoms with van der Waals surface area (Å²) in [4.78, 5) is 0. The van der Waals surface area contributed by atoms with Crippen molar-refractivity contribution < 1.29 is 28.7 Å². The van der Waals surface area contributed by atoms with Crippen LogP contribution in [0.5, 0.6) is 11.5 Å². The van der Waals surface area contributed by atoms with Crippen LogP contribution in [0, 0.1) is 0 Å². The van der Waals surface area contributed by atoms with Gasteiger partial charge in [0, 0.05) is 10.8 Å². The Kier molecular flexibility index (Phi) is 11.4. The molecule has 0 radical (unpaired) electrons. The van der Waals surface area contributed by atoms with Crippen LogP contribution in [0.4, 0.5) is 0 Å². The first kappa shape index (κ1) is 36.8. The van der Waals surface area contributed by atoms with Crippen LogP contribution < -0.4 is 55.2 Å². The van der Waals surface area contributed by atoms with Gasteiger partial charge in [-0.25, -0.2) is 0 Å². The number of halogens is 1. The lowest BCUT2D eigenvalue weighted by atomic mass is 9.94. The molecule has 9 aromatic carbocycles. The lowest BCUT2D eigenvalue weighted by molar-refractivity contribution is -0.0000103. The maximum atomic E-state index is 6.63. The van der Waals surface area contributed by atoms with E-state index in [0.717, 1.165) is 38.5 Å². The standard InChI is InChI=1S/C49H40OP3.HI/c1-6-20-39(21-7-1)50-46-36-38-19-16-18-37-30-31-45-47(33-32-44(46)49(45)48(37)38)52(51-40-22-8-2-9-23-40)34-17-35-53(41-24-10-3-11-25-41,42-26-12-4-13-27-42)43-28-14-5-15-29-43;/h1-16,18-33,36,51H,17,34-35H2;1H/q+1;/p-1. The van der Waals surface area contributed by atoms with Gasteiger partial charge in [-0.3, -0.25) is 0 Å². The van der Waals surface area contributed by atoms with E-state index in [1.165, 1.54) is 58.8 Å². The second-order valence-corrected chi connectivity index (χ2v) is 22.0. The van der Waals surface area contributed by atoms with Gasteiger partial charge < -0.3 is 28.7 Å². The van der Waals surface area contributed by atoms with Crippen LogP contribution in [0.3, 0.4) is 0 Å². The van der Waals surface area contributed by atoms with E-state index in [9.17, 15) is 0 Å². The topological polar surface area (TPSA) is 9.23 Å². The van der Waals surface area contributed by atoms with E-state index in [2.05, 4.69) is 170 Å². The molecule has 0 spiro atoms. The Bertz CT molecular complexity index is 2490. The number of hydrogen-bond donors (Lipinski definition) is 0. The van der Waals surface area contributed by atoms with Gasteiger partial charge in [0.15, 0.2) is 0 Å². The molecule has 1 nitrogen and oxygen atoms in total. The quantitative estimate of drug-likeness (QED) is 0.0679. The van der Waals surface area contributed by atoms with Crippen molar-refractivity contribution in [2.45, 2.75) is 6.42 Å². The fourth-order valence-electron chi connectivity index (χ4n) is 7.97. The second-order valence-electron chi connectivity index (χ2n) is 13.5. The Labute approximate surface area is 338 Å². The minimum Gasteiger partial charge on any atom is -1.00 e. The molecule has 9 rings (SSSR count). The molecule has 0 bridgehead atoms. The normalized spacial score (nSPS) is 12.4. The van der Waals surface area contributed by atoms with E-state index in [1.807, 2.05) is 30.3 Å². The van der Waals surface area contributed by atoms with Crippen molar-refractivity contribution in [2.75, 3.05) is 12.3 Å². The van der Waals surface area contributed by atoms with Crippen molar-refractivity contribution in [3.05, 3.63) is 200 Å². The summed E-state index contributed by atoms with van der Waals surface area (Å²) in [5.74, 6) is 1.77. The minimum atomic E-state index is -1.92. The molecule has 0 N–H and O–H groups in total. The lowest BCUT2D eigenvalue weighted by Gasteiger charge is -2.29. The van der Waals surface area contributed by atoms with Gasteiger partial charge in [-0.15, -0.1) is 0 Å². The zero-order valence-electron chi connectivity index (χ0n) is 29.9. The summed E-state index contributed by atoms with van der Waals surface area (Å²) in [7, 11) is -1.72. The molecule has 0 amide bonds. The Balaban J connectivity index is 0.00000413. The zero-order chi connectivity index (χ0) is 35.5. The van der Waals surface area contributed by atoms with Crippen molar-refractivity contribution in [1.82, 2.24) is 0 Å². The molecule has 54 heavy (non-hydrogen) atoms. The summed E-state index contributed by atoms with van der Waals surface area (Å²) in [6.07, 6.45) is 3.43. The molecule has 0 saturated carbocycles. The van der Waals surface area contributed by atoms with Crippen LogP contribution in [0.1, 0.15) is 6.42 Å². The molecular formula is C49H40IOP3. The smallest absolute Gasteiger partial charge is 0.135 e. The van der Waals surface area contributed by atoms with Crippen molar-refractivity contribution in [3.63, 3.8) is 0 Å². The highest BCUT2D eigenvalue weighted by Gasteiger charge is 2.44. The van der Waals surface area contributed by atoms with Gasteiger partial charge in [0.1, 0.15) is 34.7 Å². The molecule has 0 heterocycles. The van der Waals surface area contributed by atoms with Crippen molar-refractivity contribution in [2.24, 2.45) is 0 Å². The average molecular weight is 865 g/mol. The molecule has 0 aliphatic carbocycles. The van der Waals surface area contributed by atoms with E-state index < -0.39 is 14.9 Å². The first-order chi connectivity index (χ1) is 26.3. The number of ether oxygens (including phenoxy) is 1. The minimum absolute atomic E-state index is 0. The van der Waals surface area contributed by atoms with E-state index in [1.54, 1.807) is 0 Å². The molecule has 2 unspecified atom stereocenters. The monoisotopic (exact) mass is 864 g/mol. The predicted octanol–water partition coefficient (Wildman–Crippen LogP) is 8.79. The highest BCUT2D eigenvalue weighted by molar-refractivity contribution is 8.27. The third kappa shape index (κ3) is 7.19. The van der Waals surface area contributed by atoms with Gasteiger partial charge in [0.2, 0.25) is 0 Å². The molecule has 0 fully saturated rings. The molecule has 264 valence electrons. The second kappa shape index (κ2) is 16.7. The Morgan fingerprint density at radius 3 is 1.63 bits per heavy atom. The Morgan fingerprint density at radius 1 is 0.481 bits per heavy atom. The summed E-state index contributed by atoms with van der Waals surface area (Å²) in [5.41, 5.74) is 0. The number of rotatable bonds is 12. The summed E-state index contributed by atoms with van der Waals surface area (Å²) >= 11 is 0. The Morgan fingerprint density at radius 2 is 1.02 bits per heavy atom. The van der Waals surface area contributed by atoms with Crippen LogP contribution in [0.2, 0.25) is 0 Å². The number of para-hydroxylation sites is 1. The predicted molar refractivity (Wildman–Crippen MR) is 237 cm³/mol. The summed E-state index contributed by atoms with van der Waals surface area (Å²) < 4.78 is 6.63. The SMILES string of the molecule is [I-].c1ccc(Oc2cc3cccc4ccc5c(P(CCC[P+](c6ccccc6)(c6ccccc6)c6ccccc6)Pc6ccccc6)ccc2c5c43)cc1.